The van der Waals surface area contributed by atoms with E-state index in [2.05, 4.69) is 38.8 Å². The van der Waals surface area contributed by atoms with Crippen molar-refractivity contribution in [1.29, 1.82) is 0 Å². The molecule has 2 heterocycles. The normalized spacial score (nSPS) is 16.0. The zero-order valence-electron chi connectivity index (χ0n) is 16.3. The first-order valence-corrected chi connectivity index (χ1v) is 9.35. The SMILES string of the molecule is CCNC(=NCc1cc2c(cc1OCC)CC(C)O2)NCc1noc(C)n1. The third-order valence-electron chi connectivity index (χ3n) is 4.11. The lowest BCUT2D eigenvalue weighted by Gasteiger charge is -2.13. The van der Waals surface area contributed by atoms with Gasteiger partial charge >= 0.3 is 0 Å². The third kappa shape index (κ3) is 4.90. The van der Waals surface area contributed by atoms with E-state index >= 15 is 0 Å². The second-order valence-electron chi connectivity index (χ2n) is 6.41. The molecule has 1 aliphatic heterocycles. The van der Waals surface area contributed by atoms with Crippen molar-refractivity contribution in [3.05, 3.63) is 35.0 Å². The summed E-state index contributed by atoms with van der Waals surface area (Å²) in [4.78, 5) is 8.85. The van der Waals surface area contributed by atoms with E-state index in [-0.39, 0.29) is 6.10 Å². The van der Waals surface area contributed by atoms with Crippen LogP contribution in [-0.4, -0.2) is 35.4 Å². The van der Waals surface area contributed by atoms with Gasteiger partial charge in [0, 0.05) is 31.0 Å². The number of aromatic nitrogens is 2. The van der Waals surface area contributed by atoms with Crippen molar-refractivity contribution in [2.45, 2.75) is 53.3 Å². The Bertz CT molecular complexity index is 803. The molecular weight excluding hydrogens is 346 g/mol. The van der Waals surface area contributed by atoms with Gasteiger partial charge in [0.1, 0.15) is 17.6 Å². The van der Waals surface area contributed by atoms with E-state index in [9.17, 15) is 0 Å². The maximum atomic E-state index is 5.88. The van der Waals surface area contributed by atoms with E-state index in [1.54, 1.807) is 6.92 Å². The van der Waals surface area contributed by atoms with Gasteiger partial charge in [0.05, 0.1) is 19.7 Å². The van der Waals surface area contributed by atoms with Crippen molar-refractivity contribution in [2.75, 3.05) is 13.2 Å². The van der Waals surface area contributed by atoms with Crippen LogP contribution in [0.15, 0.2) is 21.6 Å². The number of hydrogen-bond donors (Lipinski definition) is 2. The summed E-state index contributed by atoms with van der Waals surface area (Å²) in [5, 5.41) is 10.3. The van der Waals surface area contributed by atoms with E-state index in [0.29, 0.717) is 37.4 Å². The Kier molecular flexibility index (Phi) is 6.16. The number of nitrogens with zero attached hydrogens (tertiary/aromatic N) is 3. The smallest absolute Gasteiger partial charge is 0.223 e. The van der Waals surface area contributed by atoms with E-state index in [1.807, 2.05) is 19.9 Å². The predicted molar refractivity (Wildman–Crippen MR) is 102 cm³/mol. The Morgan fingerprint density at radius 1 is 1.33 bits per heavy atom. The molecule has 27 heavy (non-hydrogen) atoms. The molecule has 8 nitrogen and oxygen atoms in total. The van der Waals surface area contributed by atoms with Crippen LogP contribution in [0.1, 0.15) is 43.6 Å². The van der Waals surface area contributed by atoms with Crippen LogP contribution in [0, 0.1) is 6.92 Å². The van der Waals surface area contributed by atoms with Gasteiger partial charge < -0.3 is 24.6 Å². The summed E-state index contributed by atoms with van der Waals surface area (Å²) in [5.41, 5.74) is 2.19. The fraction of sp³-hybridized carbons (Fsp3) is 0.526. The van der Waals surface area contributed by atoms with Gasteiger partial charge in [0.15, 0.2) is 11.8 Å². The van der Waals surface area contributed by atoms with E-state index in [0.717, 1.165) is 30.0 Å². The summed E-state index contributed by atoms with van der Waals surface area (Å²) < 4.78 is 16.7. The third-order valence-corrected chi connectivity index (χ3v) is 4.11. The highest BCUT2D eigenvalue weighted by Gasteiger charge is 2.21. The molecule has 1 aromatic heterocycles. The van der Waals surface area contributed by atoms with Crippen LogP contribution in [0.5, 0.6) is 11.5 Å². The minimum Gasteiger partial charge on any atom is -0.494 e. The number of rotatable bonds is 7. The molecule has 146 valence electrons. The number of guanidine groups is 1. The second-order valence-corrected chi connectivity index (χ2v) is 6.41. The number of hydrogen-bond acceptors (Lipinski definition) is 6. The van der Waals surface area contributed by atoms with Crippen molar-refractivity contribution in [1.82, 2.24) is 20.8 Å². The number of aliphatic imine (C=N–C) groups is 1. The van der Waals surface area contributed by atoms with Gasteiger partial charge in [-0.15, -0.1) is 0 Å². The van der Waals surface area contributed by atoms with Crippen molar-refractivity contribution in [2.24, 2.45) is 4.99 Å². The maximum Gasteiger partial charge on any atom is 0.223 e. The molecule has 8 heteroatoms. The van der Waals surface area contributed by atoms with Gasteiger partial charge in [-0.05, 0) is 32.9 Å². The molecule has 2 aromatic rings. The largest absolute Gasteiger partial charge is 0.494 e. The van der Waals surface area contributed by atoms with Gasteiger partial charge in [-0.3, -0.25) is 0 Å². The monoisotopic (exact) mass is 373 g/mol. The lowest BCUT2D eigenvalue weighted by molar-refractivity contribution is 0.254. The standard InChI is InChI=1S/C19H27N5O3/c1-5-20-19(22-11-18-23-13(4)27-24-18)21-10-15-9-17-14(7-12(3)26-17)8-16(15)25-6-2/h8-9,12H,5-7,10-11H2,1-4H3,(H2,20,21,22). The zero-order chi connectivity index (χ0) is 19.2. The van der Waals surface area contributed by atoms with Gasteiger partial charge in [0.2, 0.25) is 5.89 Å². The molecule has 1 atom stereocenters. The Hall–Kier alpha value is -2.77. The fourth-order valence-corrected chi connectivity index (χ4v) is 2.98. The van der Waals surface area contributed by atoms with Gasteiger partial charge in [-0.25, -0.2) is 4.99 Å². The van der Waals surface area contributed by atoms with Crippen LogP contribution < -0.4 is 20.1 Å². The lowest BCUT2D eigenvalue weighted by Crippen LogP contribution is -2.37. The Morgan fingerprint density at radius 2 is 2.19 bits per heavy atom. The molecule has 1 unspecified atom stereocenters. The van der Waals surface area contributed by atoms with Crippen LogP contribution in [0.4, 0.5) is 0 Å². The molecule has 0 aliphatic carbocycles. The minimum absolute atomic E-state index is 0.200. The van der Waals surface area contributed by atoms with Crippen LogP contribution in [0.2, 0.25) is 0 Å². The van der Waals surface area contributed by atoms with Crippen LogP contribution in [-0.2, 0) is 19.5 Å². The van der Waals surface area contributed by atoms with Crippen molar-refractivity contribution >= 4 is 5.96 Å². The summed E-state index contributed by atoms with van der Waals surface area (Å²) in [6, 6.07) is 4.12. The fourth-order valence-electron chi connectivity index (χ4n) is 2.98. The summed E-state index contributed by atoms with van der Waals surface area (Å²) >= 11 is 0. The number of fused-ring (bicyclic) bond motifs is 1. The Labute approximate surface area is 159 Å². The summed E-state index contributed by atoms with van der Waals surface area (Å²) in [7, 11) is 0. The molecule has 2 N–H and O–H groups in total. The van der Waals surface area contributed by atoms with Gasteiger partial charge in [0.25, 0.3) is 0 Å². The lowest BCUT2D eigenvalue weighted by atomic mass is 10.1. The van der Waals surface area contributed by atoms with Crippen molar-refractivity contribution < 1.29 is 14.0 Å². The summed E-state index contributed by atoms with van der Waals surface area (Å²) in [5.74, 6) is 3.60. The topological polar surface area (TPSA) is 93.8 Å². The van der Waals surface area contributed by atoms with Crippen LogP contribution >= 0.6 is 0 Å². The maximum absolute atomic E-state index is 5.88. The van der Waals surface area contributed by atoms with Crippen LogP contribution in [0.25, 0.3) is 0 Å². The predicted octanol–water partition coefficient (Wildman–Crippen LogP) is 2.36. The highest BCUT2D eigenvalue weighted by Crippen LogP contribution is 2.35. The molecular formula is C19H27N5O3. The quantitative estimate of drug-likeness (QED) is 0.568. The van der Waals surface area contributed by atoms with Gasteiger partial charge in [-0.1, -0.05) is 5.16 Å². The highest BCUT2D eigenvalue weighted by atomic mass is 16.5. The molecule has 0 saturated carbocycles. The number of aryl methyl sites for hydroxylation is 1. The Balaban J connectivity index is 1.73. The zero-order valence-corrected chi connectivity index (χ0v) is 16.3. The van der Waals surface area contributed by atoms with E-state index in [1.165, 1.54) is 5.56 Å². The first-order chi connectivity index (χ1) is 13.1. The highest BCUT2D eigenvalue weighted by molar-refractivity contribution is 5.79. The summed E-state index contributed by atoms with van der Waals surface area (Å²) in [6.45, 7) is 10.1. The Morgan fingerprint density at radius 3 is 2.89 bits per heavy atom. The average Bonchev–Trinajstić information content (AvgIpc) is 3.21. The molecule has 0 amide bonds. The molecule has 1 aliphatic rings. The van der Waals surface area contributed by atoms with Gasteiger partial charge in [-0.2, -0.15) is 4.98 Å². The molecule has 0 saturated heterocycles. The first kappa shape index (κ1) is 19.0. The molecule has 0 radical (unpaired) electrons. The molecule has 0 fully saturated rings. The average molecular weight is 373 g/mol. The minimum atomic E-state index is 0.200. The van der Waals surface area contributed by atoms with E-state index in [4.69, 9.17) is 14.0 Å². The first-order valence-electron chi connectivity index (χ1n) is 9.35. The molecule has 3 rings (SSSR count). The van der Waals surface area contributed by atoms with Crippen LogP contribution in [0.3, 0.4) is 0 Å². The number of nitrogens with one attached hydrogen (secondary N) is 2. The second kappa shape index (κ2) is 8.75. The number of benzene rings is 1. The summed E-state index contributed by atoms with van der Waals surface area (Å²) in [6.07, 6.45) is 1.11. The number of ether oxygens (including phenoxy) is 2. The van der Waals surface area contributed by atoms with E-state index < -0.39 is 0 Å². The molecule has 0 bridgehead atoms. The molecule has 1 aromatic carbocycles. The molecule has 0 spiro atoms. The van der Waals surface area contributed by atoms with Crippen molar-refractivity contribution in [3.63, 3.8) is 0 Å². The van der Waals surface area contributed by atoms with Crippen molar-refractivity contribution in [3.8, 4) is 11.5 Å².